The lowest BCUT2D eigenvalue weighted by Gasteiger charge is -2.16. The first-order chi connectivity index (χ1) is 13.0. The van der Waals surface area contributed by atoms with Crippen molar-refractivity contribution in [3.05, 3.63) is 76.1 Å². The van der Waals surface area contributed by atoms with Gasteiger partial charge in [0.2, 0.25) is 5.91 Å². The van der Waals surface area contributed by atoms with Crippen LogP contribution in [0.15, 0.2) is 60.0 Å². The molecule has 2 aromatic carbocycles. The van der Waals surface area contributed by atoms with Gasteiger partial charge in [-0.3, -0.25) is 14.9 Å². The molecule has 1 unspecified atom stereocenters. The minimum absolute atomic E-state index is 0.140. The number of carbonyl (C=O) groups excluding carboxylic acids is 1. The van der Waals surface area contributed by atoms with Crippen LogP contribution in [0.2, 0.25) is 0 Å². The lowest BCUT2D eigenvalue weighted by molar-refractivity contribution is -0.384. The number of nitrogens with zero attached hydrogens (tertiary/aromatic N) is 4. The second-order valence-corrected chi connectivity index (χ2v) is 6.97. The third kappa shape index (κ3) is 4.32. The number of anilines is 1. The van der Waals surface area contributed by atoms with Crippen molar-refractivity contribution in [1.29, 1.82) is 0 Å². The molecule has 1 atom stereocenters. The average molecular weight is 383 g/mol. The van der Waals surface area contributed by atoms with Crippen LogP contribution in [-0.2, 0) is 11.8 Å². The predicted molar refractivity (Wildman–Crippen MR) is 103 cm³/mol. The first kappa shape index (κ1) is 18.6. The Labute approximate surface area is 159 Å². The maximum absolute atomic E-state index is 13.0. The van der Waals surface area contributed by atoms with Gasteiger partial charge in [0, 0.05) is 13.1 Å². The van der Waals surface area contributed by atoms with Gasteiger partial charge >= 0.3 is 0 Å². The number of aryl methyl sites for hydroxylation is 2. The summed E-state index contributed by atoms with van der Waals surface area (Å²) in [7, 11) is 1.78. The number of nitrogens with one attached hydrogen (secondary N) is 1. The Morgan fingerprint density at radius 3 is 2.63 bits per heavy atom. The second-order valence-electron chi connectivity index (χ2n) is 5.90. The molecule has 1 amide bonds. The van der Waals surface area contributed by atoms with Crippen molar-refractivity contribution in [1.82, 2.24) is 14.8 Å². The zero-order valence-corrected chi connectivity index (χ0v) is 15.5. The van der Waals surface area contributed by atoms with E-state index < -0.39 is 10.2 Å². The molecule has 27 heavy (non-hydrogen) atoms. The monoisotopic (exact) mass is 383 g/mol. The molecule has 1 heterocycles. The zero-order valence-electron chi connectivity index (χ0n) is 14.7. The highest BCUT2D eigenvalue weighted by molar-refractivity contribution is 8.00. The quantitative estimate of drug-likeness (QED) is 0.397. The first-order valence-electron chi connectivity index (χ1n) is 8.07. The molecule has 1 N–H and O–H groups in total. The summed E-state index contributed by atoms with van der Waals surface area (Å²) in [5.74, 6) is -0.374. The second kappa shape index (κ2) is 8.00. The van der Waals surface area contributed by atoms with E-state index in [0.29, 0.717) is 5.16 Å². The molecular weight excluding hydrogens is 366 g/mol. The fourth-order valence-corrected chi connectivity index (χ4v) is 3.46. The highest BCUT2D eigenvalue weighted by Crippen LogP contribution is 2.36. The van der Waals surface area contributed by atoms with Crippen LogP contribution in [0.1, 0.15) is 16.4 Å². The van der Waals surface area contributed by atoms with Crippen molar-refractivity contribution in [2.45, 2.75) is 17.3 Å². The molecule has 0 aliphatic rings. The van der Waals surface area contributed by atoms with Crippen LogP contribution in [0.5, 0.6) is 0 Å². The van der Waals surface area contributed by atoms with Crippen LogP contribution in [0.4, 0.5) is 11.4 Å². The fraction of sp³-hybridized carbons (Fsp3) is 0.167. The number of thioether (sulfide) groups is 1. The molecule has 0 aliphatic heterocycles. The Morgan fingerprint density at radius 1 is 1.26 bits per heavy atom. The number of rotatable bonds is 6. The van der Waals surface area contributed by atoms with Crippen LogP contribution >= 0.6 is 11.8 Å². The predicted octanol–water partition coefficient (Wildman–Crippen LogP) is 3.50. The van der Waals surface area contributed by atoms with Crippen molar-refractivity contribution in [2.75, 3.05) is 5.32 Å². The molecule has 0 aliphatic carbocycles. The Kier molecular flexibility index (Phi) is 5.51. The summed E-state index contributed by atoms with van der Waals surface area (Å²) in [5, 5.41) is 21.8. The van der Waals surface area contributed by atoms with Crippen LogP contribution in [0.3, 0.4) is 0 Å². The molecule has 3 aromatic rings. The van der Waals surface area contributed by atoms with Crippen molar-refractivity contribution in [3.63, 3.8) is 0 Å². The Bertz CT molecular complexity index is 974. The lowest BCUT2D eigenvalue weighted by Crippen LogP contribution is -2.20. The minimum Gasteiger partial charge on any atom is -0.319 e. The molecular formula is C18H17N5O3S. The number of aromatic nitrogens is 3. The average Bonchev–Trinajstić information content (AvgIpc) is 3.06. The molecule has 0 saturated heterocycles. The normalized spacial score (nSPS) is 11.8. The zero-order chi connectivity index (χ0) is 19.4. The molecule has 0 fully saturated rings. The maximum atomic E-state index is 13.0. The summed E-state index contributed by atoms with van der Waals surface area (Å²) in [5.41, 5.74) is 1.53. The number of hydrogen-bond acceptors (Lipinski definition) is 6. The van der Waals surface area contributed by atoms with Gasteiger partial charge in [0.15, 0.2) is 5.16 Å². The topological polar surface area (TPSA) is 103 Å². The molecule has 0 radical (unpaired) electrons. The SMILES string of the molecule is Cc1ccc(NC(=O)C(Sc2nncn2C)c2ccccc2)c([N+](=O)[O-])c1. The van der Waals surface area contributed by atoms with Gasteiger partial charge in [-0.05, 0) is 24.1 Å². The third-order valence-electron chi connectivity index (χ3n) is 3.84. The van der Waals surface area contributed by atoms with E-state index in [2.05, 4.69) is 15.5 Å². The van der Waals surface area contributed by atoms with Crippen molar-refractivity contribution in [2.24, 2.45) is 7.05 Å². The summed E-state index contributed by atoms with van der Waals surface area (Å²) < 4.78 is 1.71. The summed E-state index contributed by atoms with van der Waals surface area (Å²) in [6.45, 7) is 1.76. The van der Waals surface area contributed by atoms with E-state index in [9.17, 15) is 14.9 Å². The number of nitro benzene ring substituents is 1. The Morgan fingerprint density at radius 2 is 2.00 bits per heavy atom. The third-order valence-corrected chi connectivity index (χ3v) is 5.14. The van der Waals surface area contributed by atoms with Gasteiger partial charge in [0.1, 0.15) is 17.3 Å². The first-order valence-corrected chi connectivity index (χ1v) is 8.95. The lowest BCUT2D eigenvalue weighted by atomic mass is 10.1. The van der Waals surface area contributed by atoms with E-state index >= 15 is 0 Å². The Hall–Kier alpha value is -3.20. The van der Waals surface area contributed by atoms with E-state index in [1.165, 1.54) is 17.8 Å². The van der Waals surface area contributed by atoms with Crippen molar-refractivity contribution < 1.29 is 9.72 Å². The van der Waals surface area contributed by atoms with Crippen LogP contribution in [-0.4, -0.2) is 25.6 Å². The van der Waals surface area contributed by atoms with Crippen molar-refractivity contribution in [3.8, 4) is 0 Å². The number of amides is 1. The van der Waals surface area contributed by atoms with E-state index in [-0.39, 0.29) is 17.3 Å². The Balaban J connectivity index is 1.92. The minimum atomic E-state index is -0.644. The number of carbonyl (C=O) groups is 1. The van der Waals surface area contributed by atoms with E-state index in [4.69, 9.17) is 0 Å². The van der Waals surface area contributed by atoms with Gasteiger partial charge in [-0.1, -0.05) is 48.2 Å². The highest BCUT2D eigenvalue weighted by atomic mass is 32.2. The number of nitro groups is 1. The van der Waals surface area contributed by atoms with Gasteiger partial charge < -0.3 is 9.88 Å². The molecule has 3 rings (SSSR count). The van der Waals surface area contributed by atoms with Gasteiger partial charge in [0.05, 0.1) is 4.92 Å². The van der Waals surface area contributed by atoms with Crippen LogP contribution in [0.25, 0.3) is 0 Å². The van der Waals surface area contributed by atoms with Gasteiger partial charge in [-0.15, -0.1) is 10.2 Å². The summed E-state index contributed by atoms with van der Waals surface area (Å²) in [6.07, 6.45) is 1.55. The van der Waals surface area contributed by atoms with E-state index in [1.807, 2.05) is 30.3 Å². The molecule has 0 saturated carbocycles. The summed E-state index contributed by atoms with van der Waals surface area (Å²) in [4.78, 5) is 23.8. The molecule has 9 heteroatoms. The molecule has 138 valence electrons. The smallest absolute Gasteiger partial charge is 0.293 e. The van der Waals surface area contributed by atoms with E-state index in [0.717, 1.165) is 11.1 Å². The highest BCUT2D eigenvalue weighted by Gasteiger charge is 2.26. The van der Waals surface area contributed by atoms with Gasteiger partial charge in [-0.25, -0.2) is 0 Å². The van der Waals surface area contributed by atoms with Crippen molar-refractivity contribution >= 4 is 29.0 Å². The number of benzene rings is 2. The van der Waals surface area contributed by atoms with E-state index in [1.54, 1.807) is 37.0 Å². The van der Waals surface area contributed by atoms with Gasteiger partial charge in [0.25, 0.3) is 5.69 Å². The summed E-state index contributed by atoms with van der Waals surface area (Å²) >= 11 is 1.23. The molecule has 0 bridgehead atoms. The molecule has 0 spiro atoms. The standard InChI is InChI=1S/C18H17N5O3S/c1-12-8-9-14(15(10-12)23(25)26)20-17(24)16(13-6-4-3-5-7-13)27-18-21-19-11-22(18)2/h3-11,16H,1-2H3,(H,20,24). The van der Waals surface area contributed by atoms with Crippen LogP contribution in [0, 0.1) is 17.0 Å². The number of hydrogen-bond donors (Lipinski definition) is 1. The maximum Gasteiger partial charge on any atom is 0.293 e. The van der Waals surface area contributed by atoms with Gasteiger partial charge in [-0.2, -0.15) is 0 Å². The van der Waals surface area contributed by atoms with Crippen LogP contribution < -0.4 is 5.32 Å². The fourth-order valence-electron chi connectivity index (χ4n) is 2.48. The molecule has 1 aromatic heterocycles. The molecule has 8 nitrogen and oxygen atoms in total. The summed E-state index contributed by atoms with van der Waals surface area (Å²) in [6, 6.07) is 13.9. The largest absolute Gasteiger partial charge is 0.319 e.